The number of hydrogen-bond acceptors (Lipinski definition) is 5. The number of para-hydroxylation sites is 1. The summed E-state index contributed by atoms with van der Waals surface area (Å²) in [5, 5.41) is 3.42. The lowest BCUT2D eigenvalue weighted by Crippen LogP contribution is -2.42. The van der Waals surface area contributed by atoms with E-state index in [1.165, 1.54) is 5.69 Å². The highest BCUT2D eigenvalue weighted by Crippen LogP contribution is 2.34. The van der Waals surface area contributed by atoms with Crippen molar-refractivity contribution in [3.05, 3.63) is 42.2 Å². The molecular formula is C22H27N5O. The van der Waals surface area contributed by atoms with Gasteiger partial charge in [-0.25, -0.2) is 9.97 Å². The molecule has 0 bridgehead atoms. The second kappa shape index (κ2) is 7.41. The molecular weight excluding hydrogens is 350 g/mol. The largest absolute Gasteiger partial charge is 0.354 e. The van der Waals surface area contributed by atoms with Gasteiger partial charge < -0.3 is 15.1 Å². The van der Waals surface area contributed by atoms with E-state index in [2.05, 4.69) is 44.4 Å². The van der Waals surface area contributed by atoms with Gasteiger partial charge in [-0.3, -0.25) is 4.79 Å². The molecule has 146 valence electrons. The third-order valence-corrected chi connectivity index (χ3v) is 6.08. The van der Waals surface area contributed by atoms with Gasteiger partial charge in [0.25, 0.3) is 0 Å². The summed E-state index contributed by atoms with van der Waals surface area (Å²) in [4.78, 5) is 26.0. The Morgan fingerprint density at radius 2 is 2.00 bits per heavy atom. The van der Waals surface area contributed by atoms with Crippen LogP contribution in [0.1, 0.15) is 31.4 Å². The van der Waals surface area contributed by atoms with Gasteiger partial charge in [-0.2, -0.15) is 0 Å². The lowest BCUT2D eigenvalue weighted by molar-refractivity contribution is -0.134. The van der Waals surface area contributed by atoms with Gasteiger partial charge in [-0.1, -0.05) is 18.2 Å². The minimum absolute atomic E-state index is 0.319. The quantitative estimate of drug-likeness (QED) is 0.867. The highest BCUT2D eigenvalue weighted by Gasteiger charge is 2.35. The van der Waals surface area contributed by atoms with Gasteiger partial charge in [0, 0.05) is 44.2 Å². The predicted molar refractivity (Wildman–Crippen MR) is 110 cm³/mol. The zero-order chi connectivity index (χ0) is 18.9. The number of aromatic nitrogens is 2. The molecule has 5 rings (SSSR count). The van der Waals surface area contributed by atoms with E-state index in [1.807, 2.05) is 12.3 Å². The maximum atomic E-state index is 12.3. The Kier molecular flexibility index (Phi) is 4.63. The smallest absolute Gasteiger partial charge is 0.225 e. The number of likely N-dealkylation sites (tertiary alicyclic amines) is 1. The monoisotopic (exact) mass is 377 g/mol. The first-order valence-electron chi connectivity index (χ1n) is 10.5. The minimum Gasteiger partial charge on any atom is -0.354 e. The van der Waals surface area contributed by atoms with E-state index in [-0.39, 0.29) is 0 Å². The van der Waals surface area contributed by atoms with Crippen molar-refractivity contribution >= 4 is 23.2 Å². The normalized spacial score (nSPS) is 21.5. The third-order valence-electron chi connectivity index (χ3n) is 6.08. The Bertz CT molecular complexity index is 851. The number of fused-ring (bicyclic) bond motifs is 1. The summed E-state index contributed by atoms with van der Waals surface area (Å²) in [5.74, 6) is 1.88. The van der Waals surface area contributed by atoms with Gasteiger partial charge in [0.1, 0.15) is 0 Å². The predicted octanol–water partition coefficient (Wildman–Crippen LogP) is 3.23. The van der Waals surface area contributed by atoms with Crippen LogP contribution in [0.2, 0.25) is 0 Å². The molecule has 1 saturated heterocycles. The Morgan fingerprint density at radius 3 is 2.82 bits per heavy atom. The molecule has 3 heterocycles. The third kappa shape index (κ3) is 3.55. The summed E-state index contributed by atoms with van der Waals surface area (Å²) in [6.45, 7) is 3.57. The Morgan fingerprint density at radius 1 is 1.14 bits per heavy atom. The zero-order valence-electron chi connectivity index (χ0n) is 16.2. The van der Waals surface area contributed by atoms with E-state index < -0.39 is 0 Å². The molecule has 0 spiro atoms. The molecule has 1 unspecified atom stereocenters. The van der Waals surface area contributed by atoms with Crippen molar-refractivity contribution in [1.29, 1.82) is 0 Å². The fourth-order valence-corrected chi connectivity index (χ4v) is 4.38. The molecule has 28 heavy (non-hydrogen) atoms. The Balaban J connectivity index is 1.21. The van der Waals surface area contributed by atoms with Gasteiger partial charge in [-0.05, 0) is 43.7 Å². The molecule has 2 aromatic rings. The number of amides is 1. The van der Waals surface area contributed by atoms with Crippen molar-refractivity contribution in [3.63, 3.8) is 0 Å². The molecule has 2 aliphatic heterocycles. The van der Waals surface area contributed by atoms with E-state index in [9.17, 15) is 4.79 Å². The summed E-state index contributed by atoms with van der Waals surface area (Å²) in [6.07, 6.45) is 7.31. The second-order valence-electron chi connectivity index (χ2n) is 8.21. The van der Waals surface area contributed by atoms with Crippen LogP contribution in [-0.2, 0) is 11.2 Å². The first kappa shape index (κ1) is 17.5. The first-order chi connectivity index (χ1) is 13.8. The molecule has 1 N–H and O–H groups in total. The molecule has 1 atom stereocenters. The summed E-state index contributed by atoms with van der Waals surface area (Å²) >= 11 is 0. The maximum Gasteiger partial charge on any atom is 0.225 e. The molecule has 1 aliphatic carbocycles. The number of benzene rings is 1. The molecule has 1 aromatic heterocycles. The number of nitrogens with one attached hydrogen (secondary N) is 1. The fourth-order valence-electron chi connectivity index (χ4n) is 4.38. The van der Waals surface area contributed by atoms with Crippen LogP contribution in [0.5, 0.6) is 0 Å². The number of carbonyl (C=O) groups is 1. The van der Waals surface area contributed by atoms with E-state index in [1.54, 1.807) is 0 Å². The Hall–Kier alpha value is -2.63. The van der Waals surface area contributed by atoms with Crippen LogP contribution in [0.15, 0.2) is 36.5 Å². The van der Waals surface area contributed by atoms with E-state index in [4.69, 9.17) is 4.98 Å². The second-order valence-corrected chi connectivity index (χ2v) is 8.21. The molecule has 1 aromatic carbocycles. The van der Waals surface area contributed by atoms with E-state index >= 15 is 0 Å². The maximum absolute atomic E-state index is 12.3. The van der Waals surface area contributed by atoms with Crippen molar-refractivity contribution in [2.24, 2.45) is 11.8 Å². The molecule has 1 saturated carbocycles. The SMILES string of the molecule is O=C(C1CC1)N1CCCC(CNc2ncc3c(n2)CCN3c2ccccc2)C1. The fraction of sp³-hybridized carbons (Fsp3) is 0.500. The number of hydrogen-bond donors (Lipinski definition) is 1. The van der Waals surface area contributed by atoms with Gasteiger partial charge >= 0.3 is 0 Å². The number of rotatable bonds is 5. The van der Waals surface area contributed by atoms with Crippen LogP contribution >= 0.6 is 0 Å². The van der Waals surface area contributed by atoms with Crippen molar-refractivity contribution in [3.8, 4) is 0 Å². The highest BCUT2D eigenvalue weighted by molar-refractivity contribution is 5.81. The van der Waals surface area contributed by atoms with Crippen LogP contribution in [0.4, 0.5) is 17.3 Å². The van der Waals surface area contributed by atoms with Crippen LogP contribution in [0.25, 0.3) is 0 Å². The summed E-state index contributed by atoms with van der Waals surface area (Å²) in [5.41, 5.74) is 3.40. The average molecular weight is 377 g/mol. The standard InChI is InChI=1S/C22H27N5O/c28-21(17-8-9-17)26-11-4-5-16(15-26)13-23-22-24-14-20-19(25-22)10-12-27(20)18-6-2-1-3-7-18/h1-3,6-7,14,16-17H,4-5,8-13,15H2,(H,23,24,25). The van der Waals surface area contributed by atoms with E-state index in [0.717, 1.165) is 69.7 Å². The number of piperidine rings is 1. The van der Waals surface area contributed by atoms with Crippen LogP contribution < -0.4 is 10.2 Å². The van der Waals surface area contributed by atoms with Crippen molar-refractivity contribution in [1.82, 2.24) is 14.9 Å². The molecule has 2 fully saturated rings. The van der Waals surface area contributed by atoms with Crippen molar-refractivity contribution < 1.29 is 4.79 Å². The zero-order valence-corrected chi connectivity index (χ0v) is 16.2. The number of anilines is 3. The lowest BCUT2D eigenvalue weighted by atomic mass is 9.97. The molecule has 0 radical (unpaired) electrons. The summed E-state index contributed by atoms with van der Waals surface area (Å²) in [6, 6.07) is 10.4. The van der Waals surface area contributed by atoms with Crippen molar-refractivity contribution in [2.45, 2.75) is 32.1 Å². The van der Waals surface area contributed by atoms with Gasteiger partial charge in [0.15, 0.2) is 0 Å². The minimum atomic E-state index is 0.319. The molecule has 3 aliphatic rings. The number of nitrogens with zero attached hydrogens (tertiary/aromatic N) is 4. The van der Waals surface area contributed by atoms with Crippen LogP contribution in [0, 0.1) is 11.8 Å². The van der Waals surface area contributed by atoms with Gasteiger partial charge in [0.2, 0.25) is 11.9 Å². The average Bonchev–Trinajstić information content (AvgIpc) is 3.52. The number of carbonyl (C=O) groups excluding carboxylic acids is 1. The van der Waals surface area contributed by atoms with E-state index in [0.29, 0.717) is 23.7 Å². The lowest BCUT2D eigenvalue weighted by Gasteiger charge is -2.33. The van der Waals surface area contributed by atoms with Crippen LogP contribution in [0.3, 0.4) is 0 Å². The highest BCUT2D eigenvalue weighted by atomic mass is 16.2. The molecule has 6 nitrogen and oxygen atoms in total. The molecule has 6 heteroatoms. The van der Waals surface area contributed by atoms with Gasteiger partial charge in [0.05, 0.1) is 17.6 Å². The van der Waals surface area contributed by atoms with Gasteiger partial charge in [-0.15, -0.1) is 0 Å². The van der Waals surface area contributed by atoms with Crippen LogP contribution in [-0.4, -0.2) is 47.0 Å². The molecule has 1 amide bonds. The van der Waals surface area contributed by atoms with Crippen molar-refractivity contribution in [2.75, 3.05) is 36.4 Å². The Labute approximate surface area is 166 Å². The topological polar surface area (TPSA) is 61.4 Å². The summed E-state index contributed by atoms with van der Waals surface area (Å²) < 4.78 is 0. The summed E-state index contributed by atoms with van der Waals surface area (Å²) in [7, 11) is 0. The first-order valence-corrected chi connectivity index (χ1v) is 10.5.